The van der Waals surface area contributed by atoms with Gasteiger partial charge in [-0.1, -0.05) is 6.07 Å². The normalized spacial score (nSPS) is 11.1. The Morgan fingerprint density at radius 2 is 1.53 bits per heavy atom. The maximum absolute atomic E-state index is 12.3. The molecule has 1 N–H and O–H groups in total. The van der Waals surface area contributed by atoms with Crippen LogP contribution in [0.5, 0.6) is 0 Å². The van der Waals surface area contributed by atoms with E-state index < -0.39 is 10.0 Å². The number of carbonyl (C=O) groups is 2. The Bertz CT molecular complexity index is 995. The number of benzene rings is 2. The van der Waals surface area contributed by atoms with E-state index in [0.29, 0.717) is 23.4 Å². The summed E-state index contributed by atoms with van der Waals surface area (Å²) in [6, 6.07) is 12.3. The summed E-state index contributed by atoms with van der Waals surface area (Å²) < 4.78 is 25.8. The highest BCUT2D eigenvalue weighted by molar-refractivity contribution is 7.92. The molecule has 0 unspecified atom stereocenters. The summed E-state index contributed by atoms with van der Waals surface area (Å²) in [4.78, 5) is 25.7. The molecule has 2 aromatic carbocycles. The third-order valence-corrected chi connectivity index (χ3v) is 5.68. The summed E-state index contributed by atoms with van der Waals surface area (Å²) in [7, 11) is -0.110. The monoisotopic (exact) mass is 431 g/mol. The highest BCUT2D eigenvalue weighted by Gasteiger charge is 2.18. The lowest BCUT2D eigenvalue weighted by Gasteiger charge is -2.23. The highest BCUT2D eigenvalue weighted by Crippen LogP contribution is 2.22. The van der Waals surface area contributed by atoms with E-state index in [1.165, 1.54) is 15.5 Å². The number of sulfonamides is 1. The number of aryl methyl sites for hydroxylation is 2. The summed E-state index contributed by atoms with van der Waals surface area (Å²) in [5, 5.41) is 2.78. The van der Waals surface area contributed by atoms with Gasteiger partial charge in [-0.3, -0.25) is 13.9 Å². The van der Waals surface area contributed by atoms with Crippen LogP contribution in [0.2, 0.25) is 0 Å². The largest absolute Gasteiger partial charge is 0.345 e. The van der Waals surface area contributed by atoms with Crippen molar-refractivity contribution in [1.29, 1.82) is 0 Å². The van der Waals surface area contributed by atoms with Crippen LogP contribution in [0.3, 0.4) is 0 Å². The number of amides is 2. The van der Waals surface area contributed by atoms with Crippen molar-refractivity contribution in [3.05, 3.63) is 59.2 Å². The number of hydrogen-bond acceptors (Lipinski definition) is 4. The first-order valence-corrected chi connectivity index (χ1v) is 11.5. The maximum atomic E-state index is 12.3. The van der Waals surface area contributed by atoms with Crippen LogP contribution in [0.4, 0.5) is 11.4 Å². The summed E-state index contributed by atoms with van der Waals surface area (Å²) in [5.41, 5.74) is 3.69. The fourth-order valence-corrected chi connectivity index (χ4v) is 4.09. The van der Waals surface area contributed by atoms with Crippen molar-refractivity contribution < 1.29 is 18.0 Å². The van der Waals surface area contributed by atoms with Crippen LogP contribution >= 0.6 is 0 Å². The van der Waals surface area contributed by atoms with Crippen LogP contribution in [-0.2, 0) is 14.8 Å². The van der Waals surface area contributed by atoms with E-state index in [-0.39, 0.29) is 24.8 Å². The second kappa shape index (κ2) is 9.75. The van der Waals surface area contributed by atoms with Crippen molar-refractivity contribution >= 4 is 33.2 Å². The Morgan fingerprint density at radius 1 is 0.967 bits per heavy atom. The molecule has 2 rings (SSSR count). The van der Waals surface area contributed by atoms with Gasteiger partial charge < -0.3 is 10.2 Å². The molecule has 0 atom stereocenters. The van der Waals surface area contributed by atoms with Gasteiger partial charge in [0, 0.05) is 38.3 Å². The Hall–Kier alpha value is -2.87. The lowest BCUT2D eigenvalue weighted by atomic mass is 10.1. The third-order valence-electron chi connectivity index (χ3n) is 4.48. The molecule has 0 saturated carbocycles. The molecular weight excluding hydrogens is 402 g/mol. The number of nitrogens with zero attached hydrogens (tertiary/aromatic N) is 2. The molecule has 8 heteroatoms. The van der Waals surface area contributed by atoms with Gasteiger partial charge in [-0.2, -0.15) is 0 Å². The molecule has 0 aromatic heterocycles. The molecular formula is C22H29N3O4S. The SMILES string of the molecule is Cc1cc(C)cc(N(CCCC(=O)Nc2ccc(C(=O)N(C)C)cc2)S(C)(=O)=O)c1. The summed E-state index contributed by atoms with van der Waals surface area (Å²) >= 11 is 0. The van der Waals surface area contributed by atoms with Gasteiger partial charge in [0.1, 0.15) is 0 Å². The van der Waals surface area contributed by atoms with Gasteiger partial charge >= 0.3 is 0 Å². The van der Waals surface area contributed by atoms with Crippen molar-refractivity contribution in [2.75, 3.05) is 36.5 Å². The summed E-state index contributed by atoms with van der Waals surface area (Å²) in [5.74, 6) is -0.323. The molecule has 0 heterocycles. The standard InChI is InChI=1S/C22H29N3O4S/c1-16-13-17(2)15-20(14-16)25(30(5,28)29)12-6-7-21(26)23-19-10-8-18(9-11-19)22(27)24(3)4/h8-11,13-15H,6-7,12H2,1-5H3,(H,23,26). The maximum Gasteiger partial charge on any atom is 0.253 e. The number of carbonyl (C=O) groups excluding carboxylic acids is 2. The van der Waals surface area contributed by atoms with Gasteiger partial charge in [0.05, 0.1) is 11.9 Å². The zero-order chi connectivity index (χ0) is 22.5. The molecule has 30 heavy (non-hydrogen) atoms. The Balaban J connectivity index is 1.97. The van der Waals surface area contributed by atoms with Crippen LogP contribution in [-0.4, -0.2) is 52.0 Å². The fraction of sp³-hybridized carbons (Fsp3) is 0.364. The zero-order valence-electron chi connectivity index (χ0n) is 18.1. The first-order valence-electron chi connectivity index (χ1n) is 9.65. The van der Waals surface area contributed by atoms with E-state index >= 15 is 0 Å². The molecule has 0 saturated heterocycles. The van der Waals surface area contributed by atoms with E-state index in [9.17, 15) is 18.0 Å². The molecule has 2 aromatic rings. The average molecular weight is 432 g/mol. The molecule has 162 valence electrons. The molecule has 0 aliphatic carbocycles. The van der Waals surface area contributed by atoms with Crippen molar-refractivity contribution in [3.8, 4) is 0 Å². The molecule has 0 aliphatic rings. The van der Waals surface area contributed by atoms with E-state index in [2.05, 4.69) is 5.32 Å². The van der Waals surface area contributed by atoms with Crippen LogP contribution < -0.4 is 9.62 Å². The lowest BCUT2D eigenvalue weighted by molar-refractivity contribution is -0.116. The molecule has 2 amide bonds. The lowest BCUT2D eigenvalue weighted by Crippen LogP contribution is -2.31. The second-order valence-corrected chi connectivity index (χ2v) is 9.52. The average Bonchev–Trinajstić information content (AvgIpc) is 2.63. The molecule has 0 aliphatic heterocycles. The zero-order valence-corrected chi connectivity index (χ0v) is 18.9. The number of rotatable bonds is 8. The highest BCUT2D eigenvalue weighted by atomic mass is 32.2. The Morgan fingerprint density at radius 3 is 2.03 bits per heavy atom. The molecule has 0 fully saturated rings. The summed E-state index contributed by atoms with van der Waals surface area (Å²) in [6.07, 6.45) is 1.72. The quantitative estimate of drug-likeness (QED) is 0.695. The fourth-order valence-electron chi connectivity index (χ4n) is 3.14. The van der Waals surface area contributed by atoms with Crippen LogP contribution in [0, 0.1) is 13.8 Å². The molecule has 0 bridgehead atoms. The van der Waals surface area contributed by atoms with Crippen molar-refractivity contribution in [2.24, 2.45) is 0 Å². The second-order valence-electron chi connectivity index (χ2n) is 7.61. The van der Waals surface area contributed by atoms with E-state index in [1.807, 2.05) is 32.0 Å². The van der Waals surface area contributed by atoms with Crippen LogP contribution in [0.15, 0.2) is 42.5 Å². The Labute approximate surface area is 178 Å². The third kappa shape index (κ3) is 6.59. The van der Waals surface area contributed by atoms with Crippen LogP contribution in [0.1, 0.15) is 34.3 Å². The van der Waals surface area contributed by atoms with Gasteiger partial charge in [-0.25, -0.2) is 8.42 Å². The predicted octanol–water partition coefficient (Wildman–Crippen LogP) is 3.19. The number of nitrogens with one attached hydrogen (secondary N) is 1. The first-order chi connectivity index (χ1) is 14.0. The van der Waals surface area contributed by atoms with E-state index in [0.717, 1.165) is 11.1 Å². The van der Waals surface area contributed by atoms with Crippen molar-refractivity contribution in [2.45, 2.75) is 26.7 Å². The van der Waals surface area contributed by atoms with Gasteiger partial charge in [0.2, 0.25) is 15.9 Å². The van der Waals surface area contributed by atoms with E-state index in [1.54, 1.807) is 38.4 Å². The minimum atomic E-state index is -3.46. The summed E-state index contributed by atoms with van der Waals surface area (Å²) in [6.45, 7) is 4.05. The topological polar surface area (TPSA) is 86.8 Å². The minimum absolute atomic E-state index is 0.111. The smallest absolute Gasteiger partial charge is 0.253 e. The van der Waals surface area contributed by atoms with Gasteiger partial charge in [-0.15, -0.1) is 0 Å². The Kier molecular flexibility index (Phi) is 7.61. The van der Waals surface area contributed by atoms with Gasteiger partial charge in [0.25, 0.3) is 5.91 Å². The predicted molar refractivity (Wildman–Crippen MR) is 120 cm³/mol. The van der Waals surface area contributed by atoms with Gasteiger partial charge in [-0.05, 0) is 67.8 Å². The number of anilines is 2. The minimum Gasteiger partial charge on any atom is -0.345 e. The van der Waals surface area contributed by atoms with Crippen molar-refractivity contribution in [3.63, 3.8) is 0 Å². The number of hydrogen-bond donors (Lipinski definition) is 1. The molecule has 7 nitrogen and oxygen atoms in total. The first kappa shape index (κ1) is 23.4. The molecule has 0 spiro atoms. The van der Waals surface area contributed by atoms with Gasteiger partial charge in [0.15, 0.2) is 0 Å². The van der Waals surface area contributed by atoms with Crippen LogP contribution in [0.25, 0.3) is 0 Å². The van der Waals surface area contributed by atoms with Crippen molar-refractivity contribution in [1.82, 2.24) is 4.90 Å². The van der Waals surface area contributed by atoms with E-state index in [4.69, 9.17) is 0 Å². The molecule has 0 radical (unpaired) electrons.